The molecule has 1 aliphatic rings. The van der Waals surface area contributed by atoms with Gasteiger partial charge in [0.2, 0.25) is 0 Å². The van der Waals surface area contributed by atoms with Gasteiger partial charge in [-0.15, -0.1) is 10.2 Å². The Kier molecular flexibility index (Phi) is 5.65. The lowest BCUT2D eigenvalue weighted by atomic mass is 9.95. The van der Waals surface area contributed by atoms with E-state index in [1.165, 1.54) is 0 Å². The Labute approximate surface area is 147 Å². The van der Waals surface area contributed by atoms with Gasteiger partial charge in [-0.2, -0.15) is 0 Å². The summed E-state index contributed by atoms with van der Waals surface area (Å²) < 4.78 is 12.5. The first-order valence-corrected chi connectivity index (χ1v) is 8.54. The second-order valence-electron chi connectivity index (χ2n) is 6.24. The molecule has 7 heteroatoms. The summed E-state index contributed by atoms with van der Waals surface area (Å²) in [5.41, 5.74) is 0.659. The molecular formula is C18H24N4O3. The van der Waals surface area contributed by atoms with Gasteiger partial charge in [0.05, 0.1) is 6.61 Å². The van der Waals surface area contributed by atoms with Gasteiger partial charge < -0.3 is 18.9 Å². The second kappa shape index (κ2) is 8.11. The predicted octanol–water partition coefficient (Wildman–Crippen LogP) is 1.86. The summed E-state index contributed by atoms with van der Waals surface area (Å²) in [5, 5.41) is 8.15. The fraction of sp³-hybridized carbons (Fsp3) is 0.500. The number of methoxy groups -OCH3 is 1. The first kappa shape index (κ1) is 17.4. The first-order valence-electron chi connectivity index (χ1n) is 8.54. The second-order valence-corrected chi connectivity index (χ2v) is 6.24. The molecule has 0 saturated carbocycles. The minimum absolute atomic E-state index is 0.0496. The van der Waals surface area contributed by atoms with Crippen molar-refractivity contribution < 1.29 is 14.3 Å². The fourth-order valence-corrected chi connectivity index (χ4v) is 3.15. The standard InChI is InChI=1S/C18H24N4O3/c1-21-13-19-20-17(21)14-6-8-22(9-7-14)18(23)15-4-3-5-16(12-15)25-11-10-24-2/h3-5,12-14H,6-11H2,1-2H3. The topological polar surface area (TPSA) is 69.5 Å². The molecule has 0 spiro atoms. The zero-order valence-electron chi connectivity index (χ0n) is 14.7. The SMILES string of the molecule is COCCOc1cccc(C(=O)N2CCC(c3nncn3C)CC2)c1. The number of likely N-dealkylation sites (tertiary alicyclic amines) is 1. The summed E-state index contributed by atoms with van der Waals surface area (Å²) in [6.07, 6.45) is 3.53. The average molecular weight is 344 g/mol. The molecule has 1 aromatic heterocycles. The van der Waals surface area contributed by atoms with Gasteiger partial charge in [-0.1, -0.05) is 6.07 Å². The van der Waals surface area contributed by atoms with Crippen molar-refractivity contribution in [2.24, 2.45) is 7.05 Å². The number of hydrogen-bond donors (Lipinski definition) is 0. The van der Waals surface area contributed by atoms with E-state index in [0.717, 1.165) is 31.8 Å². The van der Waals surface area contributed by atoms with Crippen LogP contribution in [0.5, 0.6) is 5.75 Å². The van der Waals surface area contributed by atoms with Crippen LogP contribution in [-0.2, 0) is 11.8 Å². The van der Waals surface area contributed by atoms with Crippen molar-refractivity contribution in [2.75, 3.05) is 33.4 Å². The van der Waals surface area contributed by atoms with E-state index in [9.17, 15) is 4.79 Å². The Morgan fingerprint density at radius 3 is 2.76 bits per heavy atom. The highest BCUT2D eigenvalue weighted by atomic mass is 16.5. The quantitative estimate of drug-likeness (QED) is 0.748. The molecule has 2 aromatic rings. The normalized spacial score (nSPS) is 15.4. The van der Waals surface area contributed by atoms with Crippen LogP contribution in [0.15, 0.2) is 30.6 Å². The van der Waals surface area contributed by atoms with Crippen molar-refractivity contribution in [2.45, 2.75) is 18.8 Å². The highest BCUT2D eigenvalue weighted by molar-refractivity contribution is 5.94. The van der Waals surface area contributed by atoms with E-state index in [4.69, 9.17) is 9.47 Å². The molecular weight excluding hydrogens is 320 g/mol. The molecule has 0 aliphatic carbocycles. The number of aryl methyl sites for hydroxylation is 1. The summed E-state index contributed by atoms with van der Waals surface area (Å²) in [6, 6.07) is 7.33. The lowest BCUT2D eigenvalue weighted by molar-refractivity contribution is 0.0710. The number of ether oxygens (including phenoxy) is 2. The summed E-state index contributed by atoms with van der Waals surface area (Å²) in [4.78, 5) is 14.7. The highest BCUT2D eigenvalue weighted by Gasteiger charge is 2.27. The van der Waals surface area contributed by atoms with E-state index in [0.29, 0.717) is 30.4 Å². The molecule has 25 heavy (non-hydrogen) atoms. The van der Waals surface area contributed by atoms with Crippen LogP contribution in [0.4, 0.5) is 0 Å². The molecule has 0 atom stereocenters. The van der Waals surface area contributed by atoms with Crippen LogP contribution in [0, 0.1) is 0 Å². The Morgan fingerprint density at radius 2 is 2.08 bits per heavy atom. The molecule has 1 aliphatic heterocycles. The van der Waals surface area contributed by atoms with Gasteiger partial charge in [-0.25, -0.2) is 0 Å². The Morgan fingerprint density at radius 1 is 1.28 bits per heavy atom. The van der Waals surface area contributed by atoms with Crippen LogP contribution in [-0.4, -0.2) is 59.0 Å². The van der Waals surface area contributed by atoms with Gasteiger partial charge in [-0.05, 0) is 31.0 Å². The molecule has 1 aromatic carbocycles. The number of nitrogens with zero attached hydrogens (tertiary/aromatic N) is 4. The largest absolute Gasteiger partial charge is 0.491 e. The van der Waals surface area contributed by atoms with Gasteiger partial charge in [0, 0.05) is 38.7 Å². The third-order valence-electron chi connectivity index (χ3n) is 4.53. The highest BCUT2D eigenvalue weighted by Crippen LogP contribution is 2.27. The minimum atomic E-state index is 0.0496. The van der Waals surface area contributed by atoms with Crippen LogP contribution >= 0.6 is 0 Å². The van der Waals surface area contributed by atoms with Gasteiger partial charge in [0.1, 0.15) is 24.5 Å². The number of carbonyl (C=O) groups is 1. The third-order valence-corrected chi connectivity index (χ3v) is 4.53. The van der Waals surface area contributed by atoms with E-state index in [-0.39, 0.29) is 5.91 Å². The fourth-order valence-electron chi connectivity index (χ4n) is 3.15. The van der Waals surface area contributed by atoms with E-state index in [1.807, 2.05) is 34.7 Å². The lowest BCUT2D eigenvalue weighted by Gasteiger charge is -2.31. The van der Waals surface area contributed by atoms with Crippen molar-refractivity contribution in [3.63, 3.8) is 0 Å². The molecule has 0 unspecified atom stereocenters. The maximum Gasteiger partial charge on any atom is 0.253 e. The van der Waals surface area contributed by atoms with E-state index in [1.54, 1.807) is 19.5 Å². The van der Waals surface area contributed by atoms with Gasteiger partial charge in [-0.3, -0.25) is 4.79 Å². The van der Waals surface area contributed by atoms with Crippen molar-refractivity contribution >= 4 is 5.91 Å². The molecule has 0 bridgehead atoms. The van der Waals surface area contributed by atoms with E-state index < -0.39 is 0 Å². The molecule has 0 radical (unpaired) electrons. The number of piperidine rings is 1. The molecule has 7 nitrogen and oxygen atoms in total. The van der Waals surface area contributed by atoms with Crippen LogP contribution in [0.3, 0.4) is 0 Å². The van der Waals surface area contributed by atoms with Crippen molar-refractivity contribution in [3.8, 4) is 5.75 Å². The number of rotatable bonds is 6. The molecule has 3 rings (SSSR count). The molecule has 1 amide bonds. The predicted molar refractivity (Wildman–Crippen MR) is 92.7 cm³/mol. The third kappa shape index (κ3) is 4.17. The summed E-state index contributed by atoms with van der Waals surface area (Å²) in [5.74, 6) is 2.10. The van der Waals surface area contributed by atoms with Crippen LogP contribution in [0.25, 0.3) is 0 Å². The molecule has 1 saturated heterocycles. The van der Waals surface area contributed by atoms with Crippen molar-refractivity contribution in [3.05, 3.63) is 42.0 Å². The smallest absolute Gasteiger partial charge is 0.253 e. The van der Waals surface area contributed by atoms with Gasteiger partial charge >= 0.3 is 0 Å². The molecule has 2 heterocycles. The summed E-state index contributed by atoms with van der Waals surface area (Å²) >= 11 is 0. The number of amides is 1. The Bertz CT molecular complexity index is 708. The molecule has 1 fully saturated rings. The zero-order valence-corrected chi connectivity index (χ0v) is 14.7. The lowest BCUT2D eigenvalue weighted by Crippen LogP contribution is -2.38. The summed E-state index contributed by atoms with van der Waals surface area (Å²) in [6.45, 7) is 2.45. The van der Waals surface area contributed by atoms with Crippen molar-refractivity contribution in [1.82, 2.24) is 19.7 Å². The molecule has 134 valence electrons. The Balaban J connectivity index is 1.59. The van der Waals surface area contributed by atoms with Crippen molar-refractivity contribution in [1.29, 1.82) is 0 Å². The monoisotopic (exact) mass is 344 g/mol. The maximum absolute atomic E-state index is 12.8. The minimum Gasteiger partial charge on any atom is -0.491 e. The summed E-state index contributed by atoms with van der Waals surface area (Å²) in [7, 11) is 3.59. The van der Waals surface area contributed by atoms with Crippen LogP contribution in [0.2, 0.25) is 0 Å². The van der Waals surface area contributed by atoms with E-state index >= 15 is 0 Å². The van der Waals surface area contributed by atoms with Gasteiger partial charge in [0.25, 0.3) is 5.91 Å². The van der Waals surface area contributed by atoms with Gasteiger partial charge in [0.15, 0.2) is 0 Å². The maximum atomic E-state index is 12.8. The Hall–Kier alpha value is -2.41. The number of hydrogen-bond acceptors (Lipinski definition) is 5. The average Bonchev–Trinajstić information content (AvgIpc) is 3.08. The van der Waals surface area contributed by atoms with Crippen LogP contribution in [0.1, 0.15) is 34.9 Å². The number of carbonyl (C=O) groups excluding carboxylic acids is 1. The zero-order chi connectivity index (χ0) is 17.6. The molecule has 0 N–H and O–H groups in total. The first-order chi connectivity index (χ1) is 12.2. The van der Waals surface area contributed by atoms with E-state index in [2.05, 4.69) is 10.2 Å². The number of benzene rings is 1. The number of aromatic nitrogens is 3. The van der Waals surface area contributed by atoms with Crippen LogP contribution < -0.4 is 4.74 Å².